The van der Waals surface area contributed by atoms with Gasteiger partial charge in [-0.25, -0.2) is 4.98 Å². The maximum atomic E-state index is 11.5. The van der Waals surface area contributed by atoms with Gasteiger partial charge in [0, 0.05) is 13.2 Å². The Kier molecular flexibility index (Phi) is 4.50. The SMILES string of the molecule is CCC(CC)(OC)c1nc(CCl)cc(=O)[nH]1. The molecule has 1 aromatic heterocycles. The Bertz CT molecular complexity index is 391. The zero-order chi connectivity index (χ0) is 12.2. The van der Waals surface area contributed by atoms with Gasteiger partial charge in [0.25, 0.3) is 5.56 Å². The molecule has 0 radical (unpaired) electrons. The van der Waals surface area contributed by atoms with Crippen molar-refractivity contribution in [3.8, 4) is 0 Å². The Morgan fingerprint density at radius 1 is 1.50 bits per heavy atom. The summed E-state index contributed by atoms with van der Waals surface area (Å²) >= 11 is 5.69. The van der Waals surface area contributed by atoms with E-state index >= 15 is 0 Å². The van der Waals surface area contributed by atoms with Crippen molar-refractivity contribution < 1.29 is 4.74 Å². The summed E-state index contributed by atoms with van der Waals surface area (Å²) in [7, 11) is 1.63. The molecule has 0 atom stereocenters. The van der Waals surface area contributed by atoms with Gasteiger partial charge in [-0.15, -0.1) is 11.6 Å². The van der Waals surface area contributed by atoms with E-state index < -0.39 is 5.60 Å². The Balaban J connectivity index is 3.29. The van der Waals surface area contributed by atoms with Crippen LogP contribution in [0, 0.1) is 0 Å². The fourth-order valence-electron chi connectivity index (χ4n) is 1.76. The van der Waals surface area contributed by atoms with Crippen LogP contribution in [-0.4, -0.2) is 17.1 Å². The van der Waals surface area contributed by atoms with Gasteiger partial charge in [0.05, 0.1) is 11.6 Å². The van der Waals surface area contributed by atoms with Gasteiger partial charge in [-0.05, 0) is 12.8 Å². The number of aromatic amines is 1. The van der Waals surface area contributed by atoms with Gasteiger partial charge in [-0.2, -0.15) is 0 Å². The third-order valence-electron chi connectivity index (χ3n) is 2.90. The van der Waals surface area contributed by atoms with Crippen molar-refractivity contribution in [1.29, 1.82) is 0 Å². The van der Waals surface area contributed by atoms with Crippen molar-refractivity contribution in [2.24, 2.45) is 0 Å². The first-order valence-corrected chi connectivity index (χ1v) is 5.87. The highest BCUT2D eigenvalue weighted by Gasteiger charge is 2.31. The minimum atomic E-state index is -0.527. The number of methoxy groups -OCH3 is 1. The quantitative estimate of drug-likeness (QED) is 0.808. The normalized spacial score (nSPS) is 11.8. The number of nitrogens with one attached hydrogen (secondary N) is 1. The minimum absolute atomic E-state index is 0.191. The van der Waals surface area contributed by atoms with E-state index in [1.165, 1.54) is 6.07 Å². The molecule has 5 heteroatoms. The maximum Gasteiger partial charge on any atom is 0.251 e. The monoisotopic (exact) mass is 244 g/mol. The molecule has 0 fully saturated rings. The molecule has 4 nitrogen and oxygen atoms in total. The molecule has 0 spiro atoms. The Morgan fingerprint density at radius 3 is 2.56 bits per heavy atom. The predicted molar refractivity (Wildman–Crippen MR) is 63.7 cm³/mol. The summed E-state index contributed by atoms with van der Waals surface area (Å²) in [4.78, 5) is 18.5. The van der Waals surface area contributed by atoms with Gasteiger partial charge in [0.2, 0.25) is 0 Å². The smallest absolute Gasteiger partial charge is 0.251 e. The van der Waals surface area contributed by atoms with E-state index in [0.29, 0.717) is 11.5 Å². The van der Waals surface area contributed by atoms with E-state index in [4.69, 9.17) is 16.3 Å². The summed E-state index contributed by atoms with van der Waals surface area (Å²) in [5, 5.41) is 0. The number of rotatable bonds is 5. The van der Waals surface area contributed by atoms with Crippen molar-refractivity contribution >= 4 is 11.6 Å². The second-order valence-electron chi connectivity index (χ2n) is 3.62. The lowest BCUT2D eigenvalue weighted by Crippen LogP contribution is -2.32. The zero-order valence-corrected chi connectivity index (χ0v) is 10.6. The molecule has 1 N–H and O–H groups in total. The van der Waals surface area contributed by atoms with E-state index in [1.807, 2.05) is 13.8 Å². The summed E-state index contributed by atoms with van der Waals surface area (Å²) in [5.41, 5.74) is -0.144. The third kappa shape index (κ3) is 2.44. The molecule has 0 unspecified atom stereocenters. The molecule has 1 heterocycles. The van der Waals surface area contributed by atoms with E-state index in [9.17, 15) is 4.79 Å². The predicted octanol–water partition coefficient (Wildman–Crippen LogP) is 2.17. The maximum absolute atomic E-state index is 11.5. The lowest BCUT2D eigenvalue weighted by atomic mass is 9.96. The van der Waals surface area contributed by atoms with Gasteiger partial charge < -0.3 is 9.72 Å². The standard InChI is InChI=1S/C11H17ClN2O2/c1-4-11(5-2,16-3)10-13-8(7-12)6-9(15)14-10/h6H,4-5,7H2,1-3H3,(H,13,14,15). The number of H-pyrrole nitrogens is 1. The fourth-order valence-corrected chi connectivity index (χ4v) is 1.90. The van der Waals surface area contributed by atoms with E-state index in [2.05, 4.69) is 9.97 Å². The Morgan fingerprint density at radius 2 is 2.12 bits per heavy atom. The van der Waals surface area contributed by atoms with Gasteiger partial charge in [-0.1, -0.05) is 13.8 Å². The topological polar surface area (TPSA) is 55.0 Å². The summed E-state index contributed by atoms with van der Waals surface area (Å²) in [6, 6.07) is 1.40. The van der Waals surface area contributed by atoms with Gasteiger partial charge in [-0.3, -0.25) is 4.79 Å². The third-order valence-corrected chi connectivity index (χ3v) is 3.17. The van der Waals surface area contributed by atoms with Gasteiger partial charge in [0.1, 0.15) is 11.4 Å². The van der Waals surface area contributed by atoms with E-state index in [0.717, 1.165) is 12.8 Å². The molecule has 1 rings (SSSR count). The fraction of sp³-hybridized carbons (Fsp3) is 0.636. The number of nitrogens with zero attached hydrogens (tertiary/aromatic N) is 1. The van der Waals surface area contributed by atoms with Crippen LogP contribution in [0.3, 0.4) is 0 Å². The second kappa shape index (κ2) is 5.46. The lowest BCUT2D eigenvalue weighted by molar-refractivity contribution is -0.0294. The molecule has 0 aliphatic carbocycles. The number of alkyl halides is 1. The zero-order valence-electron chi connectivity index (χ0n) is 9.84. The van der Waals surface area contributed by atoms with Gasteiger partial charge in [0.15, 0.2) is 0 Å². The highest BCUT2D eigenvalue weighted by molar-refractivity contribution is 6.16. The van der Waals surface area contributed by atoms with Crippen LogP contribution in [0.1, 0.15) is 38.2 Å². The molecule has 16 heavy (non-hydrogen) atoms. The van der Waals surface area contributed by atoms with E-state index in [-0.39, 0.29) is 11.4 Å². The van der Waals surface area contributed by atoms with Gasteiger partial charge >= 0.3 is 0 Å². The van der Waals surface area contributed by atoms with Crippen molar-refractivity contribution in [3.63, 3.8) is 0 Å². The van der Waals surface area contributed by atoms with E-state index in [1.54, 1.807) is 7.11 Å². The number of hydrogen-bond donors (Lipinski definition) is 1. The van der Waals surface area contributed by atoms with Crippen molar-refractivity contribution in [2.45, 2.75) is 38.2 Å². The van der Waals surface area contributed by atoms with Crippen molar-refractivity contribution in [1.82, 2.24) is 9.97 Å². The molecule has 0 bridgehead atoms. The first kappa shape index (κ1) is 13.2. The average molecular weight is 245 g/mol. The van der Waals surface area contributed by atoms with Crippen LogP contribution in [0.25, 0.3) is 0 Å². The molecule has 0 aromatic carbocycles. The first-order valence-electron chi connectivity index (χ1n) is 5.33. The largest absolute Gasteiger partial charge is 0.370 e. The average Bonchev–Trinajstić information content (AvgIpc) is 2.31. The first-order chi connectivity index (χ1) is 7.61. The van der Waals surface area contributed by atoms with Crippen molar-refractivity contribution in [3.05, 3.63) is 27.9 Å². The number of halogens is 1. The number of aromatic nitrogens is 2. The Hall–Kier alpha value is -0.870. The number of ether oxygens (including phenoxy) is 1. The minimum Gasteiger partial charge on any atom is -0.370 e. The molecule has 90 valence electrons. The second-order valence-corrected chi connectivity index (χ2v) is 3.89. The van der Waals surface area contributed by atoms with Crippen LogP contribution in [-0.2, 0) is 16.2 Å². The van der Waals surface area contributed by atoms with Crippen LogP contribution in [0.5, 0.6) is 0 Å². The van der Waals surface area contributed by atoms with Crippen LogP contribution in [0.4, 0.5) is 0 Å². The van der Waals surface area contributed by atoms with Crippen LogP contribution < -0.4 is 5.56 Å². The summed E-state index contributed by atoms with van der Waals surface area (Å²) in [6.07, 6.45) is 1.49. The molecule has 1 aromatic rings. The Labute approximate surface area is 100 Å². The van der Waals surface area contributed by atoms with Crippen LogP contribution >= 0.6 is 11.6 Å². The highest BCUT2D eigenvalue weighted by atomic mass is 35.5. The summed E-state index contributed by atoms with van der Waals surface area (Å²) in [6.45, 7) is 4.00. The van der Waals surface area contributed by atoms with Crippen LogP contribution in [0.2, 0.25) is 0 Å². The van der Waals surface area contributed by atoms with Crippen molar-refractivity contribution in [2.75, 3.05) is 7.11 Å². The lowest BCUT2D eigenvalue weighted by Gasteiger charge is -2.28. The summed E-state index contributed by atoms with van der Waals surface area (Å²) < 4.78 is 5.50. The molecule has 0 aliphatic rings. The van der Waals surface area contributed by atoms with Crippen LogP contribution in [0.15, 0.2) is 10.9 Å². The molecular formula is C11H17ClN2O2. The molecular weight excluding hydrogens is 228 g/mol. The molecule has 0 amide bonds. The molecule has 0 aliphatic heterocycles. The summed E-state index contributed by atoms with van der Waals surface area (Å²) in [5.74, 6) is 0.785. The molecule has 0 saturated carbocycles. The number of hydrogen-bond acceptors (Lipinski definition) is 3. The highest BCUT2D eigenvalue weighted by Crippen LogP contribution is 2.29. The molecule has 0 saturated heterocycles.